The summed E-state index contributed by atoms with van der Waals surface area (Å²) in [6.07, 6.45) is 1.62. The third-order valence-corrected chi connectivity index (χ3v) is 4.85. The first-order chi connectivity index (χ1) is 11.5. The number of rotatable bonds is 3. The molecule has 0 radical (unpaired) electrons. The SMILES string of the molecule is Cc1ccc(C2COCCN2C(=O)Nc2ccc(S(C)=O)cc2)o1. The second-order valence-corrected chi connectivity index (χ2v) is 7.02. The molecule has 0 aliphatic carbocycles. The maximum absolute atomic E-state index is 12.6. The smallest absolute Gasteiger partial charge is 0.322 e. The summed E-state index contributed by atoms with van der Waals surface area (Å²) >= 11 is 0. The first-order valence-corrected chi connectivity index (χ1v) is 9.25. The van der Waals surface area contributed by atoms with Crippen LogP contribution in [-0.2, 0) is 15.5 Å². The molecule has 1 fully saturated rings. The second kappa shape index (κ2) is 7.19. The average Bonchev–Trinajstić information content (AvgIpc) is 3.01. The van der Waals surface area contributed by atoms with Crippen LogP contribution in [0.2, 0.25) is 0 Å². The van der Waals surface area contributed by atoms with E-state index in [1.165, 1.54) is 0 Å². The van der Waals surface area contributed by atoms with E-state index in [9.17, 15) is 9.00 Å². The van der Waals surface area contributed by atoms with E-state index in [0.29, 0.717) is 25.4 Å². The van der Waals surface area contributed by atoms with E-state index in [-0.39, 0.29) is 12.1 Å². The van der Waals surface area contributed by atoms with Crippen LogP contribution in [0.3, 0.4) is 0 Å². The Morgan fingerprint density at radius 3 is 2.62 bits per heavy atom. The number of aryl methyl sites for hydroxylation is 1. The molecule has 2 unspecified atom stereocenters. The van der Waals surface area contributed by atoms with E-state index in [1.807, 2.05) is 19.1 Å². The summed E-state index contributed by atoms with van der Waals surface area (Å²) in [5.74, 6) is 1.53. The van der Waals surface area contributed by atoms with Crippen molar-refractivity contribution < 1.29 is 18.2 Å². The fourth-order valence-corrected chi connectivity index (χ4v) is 3.16. The number of amides is 2. The molecule has 1 aliphatic heterocycles. The number of ether oxygens (including phenoxy) is 1. The van der Waals surface area contributed by atoms with Crippen LogP contribution in [0.5, 0.6) is 0 Å². The van der Waals surface area contributed by atoms with Gasteiger partial charge in [-0.1, -0.05) is 0 Å². The van der Waals surface area contributed by atoms with Gasteiger partial charge in [-0.3, -0.25) is 4.21 Å². The van der Waals surface area contributed by atoms with E-state index < -0.39 is 10.8 Å². The highest BCUT2D eigenvalue weighted by atomic mass is 32.2. The summed E-state index contributed by atoms with van der Waals surface area (Å²) in [6.45, 7) is 3.27. The zero-order valence-corrected chi connectivity index (χ0v) is 14.5. The summed E-state index contributed by atoms with van der Waals surface area (Å²) in [4.78, 5) is 15.1. The fraction of sp³-hybridized carbons (Fsp3) is 0.353. The fourth-order valence-electron chi connectivity index (χ4n) is 2.64. The van der Waals surface area contributed by atoms with Gasteiger partial charge in [0.1, 0.15) is 17.6 Å². The standard InChI is InChI=1S/C17H20N2O4S/c1-12-3-8-16(23-12)15-11-22-10-9-19(15)17(20)18-13-4-6-14(7-5-13)24(2)21/h3-8,15H,9-11H2,1-2H3,(H,18,20). The maximum Gasteiger partial charge on any atom is 0.322 e. The number of furan rings is 1. The summed E-state index contributed by atoms with van der Waals surface area (Å²) < 4.78 is 22.6. The molecule has 2 aromatic rings. The Labute approximate surface area is 143 Å². The lowest BCUT2D eigenvalue weighted by Crippen LogP contribution is -2.45. The molecule has 3 rings (SSSR count). The number of nitrogens with zero attached hydrogens (tertiary/aromatic N) is 1. The van der Waals surface area contributed by atoms with Crippen LogP contribution in [0.15, 0.2) is 45.7 Å². The van der Waals surface area contributed by atoms with Gasteiger partial charge in [-0.05, 0) is 43.3 Å². The lowest BCUT2D eigenvalue weighted by atomic mass is 10.2. The number of hydrogen-bond donors (Lipinski definition) is 1. The number of carbonyl (C=O) groups is 1. The lowest BCUT2D eigenvalue weighted by Gasteiger charge is -2.34. The van der Waals surface area contributed by atoms with Crippen LogP contribution in [0.1, 0.15) is 17.6 Å². The van der Waals surface area contributed by atoms with Gasteiger partial charge < -0.3 is 19.4 Å². The number of hydrogen-bond acceptors (Lipinski definition) is 4. The van der Waals surface area contributed by atoms with Crippen LogP contribution in [0, 0.1) is 6.92 Å². The molecule has 24 heavy (non-hydrogen) atoms. The number of anilines is 1. The Hall–Kier alpha value is -2.12. The molecule has 0 saturated carbocycles. The number of urea groups is 1. The molecular weight excluding hydrogens is 328 g/mol. The summed E-state index contributed by atoms with van der Waals surface area (Å²) in [5, 5.41) is 2.88. The molecule has 2 heterocycles. The Morgan fingerprint density at radius 2 is 2.00 bits per heavy atom. The van der Waals surface area contributed by atoms with E-state index in [4.69, 9.17) is 9.15 Å². The van der Waals surface area contributed by atoms with Crippen molar-refractivity contribution in [2.24, 2.45) is 0 Å². The van der Waals surface area contributed by atoms with E-state index in [0.717, 1.165) is 16.4 Å². The van der Waals surface area contributed by atoms with Crippen LogP contribution in [0.25, 0.3) is 0 Å². The van der Waals surface area contributed by atoms with Gasteiger partial charge in [0.15, 0.2) is 0 Å². The monoisotopic (exact) mass is 348 g/mol. The van der Waals surface area contributed by atoms with Crippen molar-refractivity contribution in [3.8, 4) is 0 Å². The molecule has 0 spiro atoms. The molecular formula is C17H20N2O4S. The first kappa shape index (κ1) is 16.7. The van der Waals surface area contributed by atoms with E-state index >= 15 is 0 Å². The zero-order valence-electron chi connectivity index (χ0n) is 13.7. The van der Waals surface area contributed by atoms with Gasteiger partial charge in [0.25, 0.3) is 0 Å². The topological polar surface area (TPSA) is 71.8 Å². The summed E-state index contributed by atoms with van der Waals surface area (Å²) in [5.41, 5.74) is 0.662. The van der Waals surface area contributed by atoms with Crippen molar-refractivity contribution in [3.05, 3.63) is 47.9 Å². The highest BCUT2D eigenvalue weighted by Gasteiger charge is 2.30. The quantitative estimate of drug-likeness (QED) is 0.926. The Morgan fingerprint density at radius 1 is 1.25 bits per heavy atom. The second-order valence-electron chi connectivity index (χ2n) is 5.64. The van der Waals surface area contributed by atoms with E-state index in [1.54, 1.807) is 35.4 Å². The van der Waals surface area contributed by atoms with Crippen molar-refractivity contribution in [1.82, 2.24) is 4.90 Å². The van der Waals surface area contributed by atoms with Crippen LogP contribution in [-0.4, -0.2) is 41.2 Å². The van der Waals surface area contributed by atoms with Crippen molar-refractivity contribution >= 4 is 22.5 Å². The number of nitrogens with one attached hydrogen (secondary N) is 1. The third kappa shape index (κ3) is 3.68. The van der Waals surface area contributed by atoms with Crippen molar-refractivity contribution in [3.63, 3.8) is 0 Å². The minimum Gasteiger partial charge on any atom is -0.464 e. The number of benzene rings is 1. The highest BCUT2D eigenvalue weighted by molar-refractivity contribution is 7.84. The van der Waals surface area contributed by atoms with Crippen molar-refractivity contribution in [2.75, 3.05) is 31.3 Å². The van der Waals surface area contributed by atoms with Gasteiger partial charge in [-0.25, -0.2) is 4.79 Å². The van der Waals surface area contributed by atoms with Gasteiger partial charge in [-0.2, -0.15) is 0 Å². The van der Waals surface area contributed by atoms with Gasteiger partial charge in [0.05, 0.1) is 13.2 Å². The Bertz CT molecular complexity index is 741. The number of carbonyl (C=O) groups excluding carboxylic acids is 1. The lowest BCUT2D eigenvalue weighted by molar-refractivity contribution is 0.00710. The van der Waals surface area contributed by atoms with Crippen LogP contribution in [0.4, 0.5) is 10.5 Å². The molecule has 2 amide bonds. The molecule has 1 N–H and O–H groups in total. The van der Waals surface area contributed by atoms with Crippen molar-refractivity contribution in [1.29, 1.82) is 0 Å². The highest BCUT2D eigenvalue weighted by Crippen LogP contribution is 2.26. The van der Waals surface area contributed by atoms with Gasteiger partial charge in [-0.15, -0.1) is 0 Å². The summed E-state index contributed by atoms with van der Waals surface area (Å²) in [7, 11) is -1.03. The average molecular weight is 348 g/mol. The summed E-state index contributed by atoms with van der Waals surface area (Å²) in [6, 6.07) is 10.3. The first-order valence-electron chi connectivity index (χ1n) is 7.70. The van der Waals surface area contributed by atoms with Gasteiger partial charge in [0, 0.05) is 34.2 Å². The normalized spacial score (nSPS) is 19.1. The minimum atomic E-state index is -1.03. The molecule has 1 aliphatic rings. The minimum absolute atomic E-state index is 0.206. The molecule has 0 bridgehead atoms. The van der Waals surface area contributed by atoms with Crippen LogP contribution < -0.4 is 5.32 Å². The van der Waals surface area contributed by atoms with Crippen molar-refractivity contribution in [2.45, 2.75) is 17.9 Å². The molecule has 2 atom stereocenters. The molecule has 128 valence electrons. The molecule has 7 heteroatoms. The maximum atomic E-state index is 12.6. The largest absolute Gasteiger partial charge is 0.464 e. The Balaban J connectivity index is 1.73. The van der Waals surface area contributed by atoms with Crippen LogP contribution >= 0.6 is 0 Å². The molecule has 1 saturated heterocycles. The predicted octanol–water partition coefficient (Wildman–Crippen LogP) is 2.93. The molecule has 1 aromatic heterocycles. The zero-order chi connectivity index (χ0) is 17.1. The molecule has 1 aromatic carbocycles. The predicted molar refractivity (Wildman–Crippen MR) is 91.5 cm³/mol. The Kier molecular flexibility index (Phi) is 5.01. The van der Waals surface area contributed by atoms with Gasteiger partial charge in [0.2, 0.25) is 0 Å². The molecule has 6 nitrogen and oxygen atoms in total. The number of morpholine rings is 1. The third-order valence-electron chi connectivity index (χ3n) is 3.92. The van der Waals surface area contributed by atoms with E-state index in [2.05, 4.69) is 5.32 Å². The van der Waals surface area contributed by atoms with Gasteiger partial charge >= 0.3 is 6.03 Å².